The van der Waals surface area contributed by atoms with Crippen LogP contribution in [-0.4, -0.2) is 29.1 Å². The maximum Gasteiger partial charge on any atom is 0.355 e. The number of carboxylic acids is 1. The monoisotopic (exact) mass is 296 g/mol. The Bertz CT molecular complexity index is 491. The van der Waals surface area contributed by atoms with E-state index in [-0.39, 0.29) is 5.69 Å². The molecule has 2 rings (SSSR count). The first-order valence-electron chi connectivity index (χ1n) is 7.24. The SMILES string of the molecule is Cc1sc(N2CCCC(C(C)(C)C)CC2)nc1C(=O)O. The summed E-state index contributed by atoms with van der Waals surface area (Å²) in [5.41, 5.74) is 0.558. The van der Waals surface area contributed by atoms with Crippen LogP contribution in [0.1, 0.15) is 55.4 Å². The first kappa shape index (κ1) is 15.3. The maximum absolute atomic E-state index is 11.1. The molecule has 1 fully saturated rings. The van der Waals surface area contributed by atoms with Crippen LogP contribution in [0.25, 0.3) is 0 Å². The number of aryl methyl sites for hydroxylation is 1. The summed E-state index contributed by atoms with van der Waals surface area (Å²) in [5.74, 6) is -0.195. The fourth-order valence-corrected chi connectivity index (χ4v) is 3.82. The molecular formula is C15H24N2O2S. The van der Waals surface area contributed by atoms with Gasteiger partial charge in [-0.05, 0) is 37.5 Å². The van der Waals surface area contributed by atoms with Gasteiger partial charge in [-0.2, -0.15) is 0 Å². The van der Waals surface area contributed by atoms with E-state index in [0.29, 0.717) is 5.41 Å². The van der Waals surface area contributed by atoms with Crippen molar-refractivity contribution in [3.8, 4) is 0 Å². The van der Waals surface area contributed by atoms with Crippen molar-refractivity contribution >= 4 is 22.4 Å². The fraction of sp³-hybridized carbons (Fsp3) is 0.733. The Morgan fingerprint density at radius 3 is 2.60 bits per heavy atom. The second kappa shape index (κ2) is 5.72. The van der Waals surface area contributed by atoms with Crippen molar-refractivity contribution in [1.29, 1.82) is 0 Å². The van der Waals surface area contributed by atoms with Gasteiger partial charge in [0.2, 0.25) is 0 Å². The topological polar surface area (TPSA) is 53.4 Å². The van der Waals surface area contributed by atoms with Crippen LogP contribution in [0.2, 0.25) is 0 Å². The van der Waals surface area contributed by atoms with Gasteiger partial charge in [0.15, 0.2) is 10.8 Å². The second-order valence-corrected chi connectivity index (χ2v) is 7.87. The highest BCUT2D eigenvalue weighted by Gasteiger charge is 2.28. The molecule has 0 amide bonds. The Morgan fingerprint density at radius 1 is 1.35 bits per heavy atom. The standard InChI is InChI=1S/C15H24N2O2S/c1-10-12(13(18)19)16-14(20-10)17-8-5-6-11(7-9-17)15(2,3)4/h11H,5-9H2,1-4H3,(H,18,19). The van der Waals surface area contributed by atoms with Crippen molar-refractivity contribution in [3.05, 3.63) is 10.6 Å². The molecule has 20 heavy (non-hydrogen) atoms. The van der Waals surface area contributed by atoms with E-state index in [4.69, 9.17) is 5.11 Å². The third kappa shape index (κ3) is 3.32. The Labute approximate surface area is 124 Å². The highest BCUT2D eigenvalue weighted by atomic mass is 32.1. The molecule has 1 aromatic heterocycles. The summed E-state index contributed by atoms with van der Waals surface area (Å²) >= 11 is 1.50. The minimum Gasteiger partial charge on any atom is -0.476 e. The third-order valence-electron chi connectivity index (χ3n) is 4.21. The molecule has 0 bridgehead atoms. The van der Waals surface area contributed by atoms with Crippen LogP contribution in [0.4, 0.5) is 5.13 Å². The molecule has 5 heteroatoms. The van der Waals surface area contributed by atoms with E-state index in [2.05, 4.69) is 30.7 Å². The average molecular weight is 296 g/mol. The minimum absolute atomic E-state index is 0.210. The van der Waals surface area contributed by atoms with Crippen molar-refractivity contribution in [2.75, 3.05) is 18.0 Å². The quantitative estimate of drug-likeness (QED) is 0.902. The van der Waals surface area contributed by atoms with Gasteiger partial charge in [0.05, 0.1) is 0 Å². The van der Waals surface area contributed by atoms with Gasteiger partial charge >= 0.3 is 5.97 Å². The summed E-state index contributed by atoms with van der Waals surface area (Å²) in [4.78, 5) is 18.5. The van der Waals surface area contributed by atoms with Crippen molar-refractivity contribution in [2.45, 2.75) is 47.0 Å². The van der Waals surface area contributed by atoms with E-state index in [1.54, 1.807) is 0 Å². The van der Waals surface area contributed by atoms with Gasteiger partial charge in [-0.3, -0.25) is 0 Å². The number of carbonyl (C=O) groups is 1. The number of carboxylic acid groups (broad SMARTS) is 1. The van der Waals surface area contributed by atoms with Crippen LogP contribution in [0.15, 0.2) is 0 Å². The van der Waals surface area contributed by atoms with E-state index in [1.807, 2.05) is 6.92 Å². The lowest BCUT2D eigenvalue weighted by Crippen LogP contribution is -2.26. The van der Waals surface area contributed by atoms with Crippen molar-refractivity contribution in [3.63, 3.8) is 0 Å². The van der Waals surface area contributed by atoms with Gasteiger partial charge in [-0.25, -0.2) is 9.78 Å². The zero-order valence-corrected chi connectivity index (χ0v) is 13.6. The molecule has 0 radical (unpaired) electrons. The fourth-order valence-electron chi connectivity index (χ4n) is 2.87. The van der Waals surface area contributed by atoms with Crippen LogP contribution < -0.4 is 4.90 Å². The molecule has 1 aromatic rings. The van der Waals surface area contributed by atoms with Crippen LogP contribution in [0.5, 0.6) is 0 Å². The van der Waals surface area contributed by atoms with E-state index < -0.39 is 5.97 Å². The smallest absolute Gasteiger partial charge is 0.355 e. The molecule has 1 aliphatic rings. The minimum atomic E-state index is -0.924. The number of rotatable bonds is 2. The van der Waals surface area contributed by atoms with Gasteiger partial charge in [0.25, 0.3) is 0 Å². The molecular weight excluding hydrogens is 272 g/mol. The lowest BCUT2D eigenvalue weighted by atomic mass is 9.77. The predicted molar refractivity (Wildman–Crippen MR) is 82.8 cm³/mol. The van der Waals surface area contributed by atoms with Gasteiger partial charge in [0, 0.05) is 18.0 Å². The Hall–Kier alpha value is -1.10. The van der Waals surface area contributed by atoms with E-state index >= 15 is 0 Å². The van der Waals surface area contributed by atoms with Crippen LogP contribution in [0, 0.1) is 18.3 Å². The molecule has 1 atom stereocenters. The summed E-state index contributed by atoms with van der Waals surface area (Å²) in [6.45, 7) is 10.7. The Morgan fingerprint density at radius 2 is 2.05 bits per heavy atom. The highest BCUT2D eigenvalue weighted by Crippen LogP contribution is 2.36. The molecule has 0 saturated carbocycles. The largest absolute Gasteiger partial charge is 0.476 e. The number of anilines is 1. The number of hydrogen-bond donors (Lipinski definition) is 1. The zero-order chi connectivity index (χ0) is 14.9. The molecule has 4 nitrogen and oxygen atoms in total. The first-order valence-corrected chi connectivity index (χ1v) is 8.06. The number of aromatic nitrogens is 1. The third-order valence-corrected chi connectivity index (χ3v) is 5.24. The highest BCUT2D eigenvalue weighted by molar-refractivity contribution is 7.15. The zero-order valence-electron chi connectivity index (χ0n) is 12.8. The van der Waals surface area contributed by atoms with Crippen LogP contribution in [0.3, 0.4) is 0 Å². The second-order valence-electron chi connectivity index (χ2n) is 6.69. The Kier molecular flexibility index (Phi) is 4.37. The first-order chi connectivity index (χ1) is 9.29. The summed E-state index contributed by atoms with van der Waals surface area (Å²) < 4.78 is 0. The molecule has 2 heterocycles. The molecule has 0 aromatic carbocycles. The number of hydrogen-bond acceptors (Lipinski definition) is 4. The molecule has 1 unspecified atom stereocenters. The summed E-state index contributed by atoms with van der Waals surface area (Å²) in [7, 11) is 0. The average Bonchev–Trinajstić information content (AvgIpc) is 2.58. The van der Waals surface area contributed by atoms with Crippen molar-refractivity contribution in [1.82, 2.24) is 4.98 Å². The molecule has 0 spiro atoms. The summed E-state index contributed by atoms with van der Waals surface area (Å²) in [5, 5.41) is 9.98. The summed E-state index contributed by atoms with van der Waals surface area (Å²) in [6.07, 6.45) is 3.56. The molecule has 1 N–H and O–H groups in total. The molecule has 1 aliphatic heterocycles. The lowest BCUT2D eigenvalue weighted by molar-refractivity contribution is 0.0690. The van der Waals surface area contributed by atoms with Gasteiger partial charge in [0.1, 0.15) is 0 Å². The predicted octanol–water partition coefficient (Wildman–Crippen LogP) is 3.80. The van der Waals surface area contributed by atoms with Gasteiger partial charge in [-0.1, -0.05) is 20.8 Å². The van der Waals surface area contributed by atoms with E-state index in [9.17, 15) is 4.79 Å². The number of thiazole rings is 1. The molecule has 0 aliphatic carbocycles. The van der Waals surface area contributed by atoms with Crippen molar-refractivity contribution in [2.24, 2.45) is 11.3 Å². The maximum atomic E-state index is 11.1. The Balaban J connectivity index is 2.11. The molecule has 112 valence electrons. The normalized spacial score (nSPS) is 20.8. The van der Waals surface area contributed by atoms with Gasteiger partial charge in [-0.15, -0.1) is 11.3 Å². The van der Waals surface area contributed by atoms with Gasteiger partial charge < -0.3 is 10.0 Å². The van der Waals surface area contributed by atoms with Crippen LogP contribution in [-0.2, 0) is 0 Å². The lowest BCUT2D eigenvalue weighted by Gasteiger charge is -2.29. The molecule has 1 saturated heterocycles. The summed E-state index contributed by atoms with van der Waals surface area (Å²) in [6, 6.07) is 0. The van der Waals surface area contributed by atoms with E-state index in [0.717, 1.165) is 41.9 Å². The number of nitrogens with zero attached hydrogens (tertiary/aromatic N) is 2. The number of aromatic carboxylic acids is 1. The van der Waals surface area contributed by atoms with Crippen molar-refractivity contribution < 1.29 is 9.90 Å². The van der Waals surface area contributed by atoms with Crippen LogP contribution >= 0.6 is 11.3 Å². The van der Waals surface area contributed by atoms with E-state index in [1.165, 1.54) is 17.8 Å².